The summed E-state index contributed by atoms with van der Waals surface area (Å²) in [4.78, 5) is 21.6. The molecule has 6 aromatic rings. The quantitative estimate of drug-likeness (QED) is 0.201. The van der Waals surface area contributed by atoms with Crippen molar-refractivity contribution in [3.05, 3.63) is 78.0 Å². The van der Waals surface area contributed by atoms with Crippen LogP contribution in [0.1, 0.15) is 37.4 Å². The van der Waals surface area contributed by atoms with Gasteiger partial charge in [0.25, 0.3) is 0 Å². The third-order valence-electron chi connectivity index (χ3n) is 9.06. The van der Waals surface area contributed by atoms with Crippen molar-refractivity contribution in [3.63, 3.8) is 0 Å². The average Bonchev–Trinajstić information content (AvgIpc) is 3.50. The van der Waals surface area contributed by atoms with E-state index in [4.69, 9.17) is 21.3 Å². The Balaban J connectivity index is 1.01. The van der Waals surface area contributed by atoms with Gasteiger partial charge in [0, 0.05) is 71.4 Å². The molecular formula is C33H30ClFN10OS. The maximum Gasteiger partial charge on any atom is 0.319 e. The number of aromatic nitrogens is 8. The van der Waals surface area contributed by atoms with E-state index in [2.05, 4.69) is 35.4 Å². The van der Waals surface area contributed by atoms with Crippen molar-refractivity contribution < 1.29 is 9.13 Å². The second kappa shape index (κ2) is 11.7. The van der Waals surface area contributed by atoms with Crippen molar-refractivity contribution in [2.45, 2.75) is 55.1 Å². The minimum absolute atomic E-state index is 0.113. The zero-order valence-electron chi connectivity index (χ0n) is 25.3. The van der Waals surface area contributed by atoms with Crippen molar-refractivity contribution in [2.24, 2.45) is 0 Å². The van der Waals surface area contributed by atoms with Gasteiger partial charge in [-0.25, -0.2) is 9.37 Å². The normalized spacial score (nSPS) is 19.2. The zero-order valence-corrected chi connectivity index (χ0v) is 26.8. The van der Waals surface area contributed by atoms with E-state index in [1.54, 1.807) is 33.6 Å². The molecule has 2 saturated heterocycles. The molecule has 3 fully saturated rings. The molecule has 9 rings (SSSR count). The molecule has 238 valence electrons. The first-order valence-corrected chi connectivity index (χ1v) is 17.0. The Kier molecular flexibility index (Phi) is 7.20. The molecule has 0 radical (unpaired) electrons. The van der Waals surface area contributed by atoms with Crippen LogP contribution in [0.5, 0.6) is 6.01 Å². The SMILES string of the molecule is Fc1c(-c2cccc3cccc(Cl)c23)ncc2c(N3CC4CCC(C3)N4)nc(OCCn3cc(Sn4cnc(C5CC5)n4)cn3)nc12. The predicted octanol–water partition coefficient (Wildman–Crippen LogP) is 5.88. The summed E-state index contributed by atoms with van der Waals surface area (Å²) < 4.78 is 26.3. The average molecular weight is 669 g/mol. The maximum atomic E-state index is 16.6. The second-order valence-corrected chi connectivity index (χ2v) is 13.8. The van der Waals surface area contributed by atoms with E-state index in [9.17, 15) is 0 Å². The van der Waals surface area contributed by atoms with Crippen molar-refractivity contribution in [2.75, 3.05) is 24.6 Å². The monoisotopic (exact) mass is 668 g/mol. The number of benzene rings is 2. The van der Waals surface area contributed by atoms with Gasteiger partial charge in [0.2, 0.25) is 0 Å². The highest BCUT2D eigenvalue weighted by atomic mass is 35.5. The molecular weight excluding hydrogens is 639 g/mol. The van der Waals surface area contributed by atoms with E-state index in [-0.39, 0.29) is 23.8 Å². The molecule has 0 spiro atoms. The first-order valence-electron chi connectivity index (χ1n) is 15.9. The number of fused-ring (bicyclic) bond motifs is 4. The largest absolute Gasteiger partial charge is 0.461 e. The highest BCUT2D eigenvalue weighted by Crippen LogP contribution is 2.39. The fourth-order valence-corrected chi connectivity index (χ4v) is 7.65. The van der Waals surface area contributed by atoms with Crippen LogP contribution in [0.4, 0.5) is 10.2 Å². The molecule has 1 aliphatic carbocycles. The number of hydrogen-bond acceptors (Lipinski definition) is 10. The Morgan fingerprint density at radius 3 is 2.66 bits per heavy atom. The molecule has 2 unspecified atom stereocenters. The molecule has 4 aromatic heterocycles. The number of nitrogens with one attached hydrogen (secondary N) is 1. The highest BCUT2D eigenvalue weighted by Gasteiger charge is 2.34. The summed E-state index contributed by atoms with van der Waals surface area (Å²) in [6.45, 7) is 2.24. The summed E-state index contributed by atoms with van der Waals surface area (Å²) in [5.41, 5.74) is 0.962. The summed E-state index contributed by atoms with van der Waals surface area (Å²) in [5.74, 6) is 1.51. The van der Waals surface area contributed by atoms with Gasteiger partial charge in [-0.1, -0.05) is 41.9 Å². The lowest BCUT2D eigenvalue weighted by Gasteiger charge is -2.34. The van der Waals surface area contributed by atoms with E-state index >= 15 is 4.39 Å². The van der Waals surface area contributed by atoms with Crippen LogP contribution in [0.25, 0.3) is 32.9 Å². The standard InChI is InChI=1S/C33H30ClFN10OS/c34-26-6-2-4-19-3-1-5-24(27(19)26)29-28(35)30-25(14-36-29)32(43-15-21-9-10-22(16-43)39-21)41-33(40-30)46-12-11-44-17-23(13-38-44)47-45-18-37-31(42-45)20-7-8-20/h1-6,13-14,17-18,20-22,39H,7-12,15-16H2. The molecule has 3 aliphatic rings. The van der Waals surface area contributed by atoms with Crippen LogP contribution < -0.4 is 15.0 Å². The summed E-state index contributed by atoms with van der Waals surface area (Å²) >= 11 is 8.07. The van der Waals surface area contributed by atoms with Gasteiger partial charge in [-0.15, -0.1) is 5.10 Å². The summed E-state index contributed by atoms with van der Waals surface area (Å²) in [6, 6.07) is 12.2. The maximum absolute atomic E-state index is 16.6. The second-order valence-electron chi connectivity index (χ2n) is 12.4. The highest BCUT2D eigenvalue weighted by molar-refractivity contribution is 7.97. The zero-order chi connectivity index (χ0) is 31.5. The number of ether oxygens (including phenoxy) is 1. The van der Waals surface area contributed by atoms with Crippen LogP contribution in [-0.2, 0) is 6.54 Å². The minimum atomic E-state index is -0.534. The number of anilines is 1. The predicted molar refractivity (Wildman–Crippen MR) is 178 cm³/mol. The van der Waals surface area contributed by atoms with Crippen molar-refractivity contribution in [1.82, 2.24) is 44.2 Å². The van der Waals surface area contributed by atoms with Gasteiger partial charge < -0.3 is 15.0 Å². The lowest BCUT2D eigenvalue weighted by molar-refractivity contribution is 0.270. The summed E-state index contributed by atoms with van der Waals surface area (Å²) in [6.07, 6.45) is 11.7. The van der Waals surface area contributed by atoms with Gasteiger partial charge in [0.15, 0.2) is 11.6 Å². The van der Waals surface area contributed by atoms with Gasteiger partial charge in [-0.05, 0) is 37.1 Å². The molecule has 2 aliphatic heterocycles. The Hall–Kier alpha value is -4.33. The summed E-state index contributed by atoms with van der Waals surface area (Å²) in [7, 11) is 0. The number of hydrogen-bond donors (Lipinski definition) is 1. The van der Waals surface area contributed by atoms with E-state index in [0.717, 1.165) is 60.3 Å². The van der Waals surface area contributed by atoms with Crippen molar-refractivity contribution >= 4 is 51.0 Å². The summed E-state index contributed by atoms with van der Waals surface area (Å²) in [5, 5.41) is 15.4. The van der Waals surface area contributed by atoms with Crippen LogP contribution in [-0.4, -0.2) is 70.7 Å². The van der Waals surface area contributed by atoms with Crippen LogP contribution >= 0.6 is 23.5 Å². The van der Waals surface area contributed by atoms with Crippen LogP contribution in [0.2, 0.25) is 5.02 Å². The number of pyridine rings is 1. The Morgan fingerprint density at radius 2 is 1.83 bits per heavy atom. The van der Waals surface area contributed by atoms with Crippen molar-refractivity contribution in [1.29, 1.82) is 0 Å². The van der Waals surface area contributed by atoms with Gasteiger partial charge in [-0.2, -0.15) is 19.2 Å². The fourth-order valence-electron chi connectivity index (χ4n) is 6.66. The van der Waals surface area contributed by atoms with Gasteiger partial charge in [0.1, 0.15) is 30.0 Å². The molecule has 47 heavy (non-hydrogen) atoms. The molecule has 2 aromatic carbocycles. The van der Waals surface area contributed by atoms with E-state index < -0.39 is 5.82 Å². The molecule has 14 heteroatoms. The number of halogens is 2. The topological polar surface area (TPSA) is 112 Å². The molecule has 2 bridgehead atoms. The Labute approximate surface area is 278 Å². The number of nitrogens with zero attached hydrogens (tertiary/aromatic N) is 9. The lowest BCUT2D eigenvalue weighted by Crippen LogP contribution is -2.51. The first-order chi connectivity index (χ1) is 23.1. The number of rotatable bonds is 9. The first kappa shape index (κ1) is 28.9. The molecule has 1 saturated carbocycles. The van der Waals surface area contributed by atoms with E-state index in [1.807, 2.05) is 36.5 Å². The molecule has 6 heterocycles. The van der Waals surface area contributed by atoms with Crippen molar-refractivity contribution in [3.8, 4) is 17.3 Å². The van der Waals surface area contributed by atoms with Crippen LogP contribution in [0.15, 0.2) is 66.2 Å². The number of piperazine rings is 1. The van der Waals surface area contributed by atoms with E-state index in [0.29, 0.717) is 46.3 Å². The minimum Gasteiger partial charge on any atom is -0.461 e. The molecule has 11 nitrogen and oxygen atoms in total. The smallest absolute Gasteiger partial charge is 0.319 e. The van der Waals surface area contributed by atoms with Crippen LogP contribution in [0, 0.1) is 5.82 Å². The third-order valence-corrected chi connectivity index (χ3v) is 10.2. The van der Waals surface area contributed by atoms with Crippen LogP contribution in [0.3, 0.4) is 0 Å². The fraction of sp³-hybridized carbons (Fsp3) is 0.333. The third kappa shape index (κ3) is 5.55. The molecule has 1 N–H and O–H groups in total. The van der Waals surface area contributed by atoms with Gasteiger partial charge in [-0.3, -0.25) is 9.67 Å². The molecule has 0 amide bonds. The van der Waals surface area contributed by atoms with E-state index in [1.165, 1.54) is 11.9 Å². The Bertz CT molecular complexity index is 2120. The lowest BCUT2D eigenvalue weighted by atomic mass is 10.0. The van der Waals surface area contributed by atoms with Gasteiger partial charge >= 0.3 is 6.01 Å². The Morgan fingerprint density at radius 1 is 1.00 bits per heavy atom. The molecule has 2 atom stereocenters. The van der Waals surface area contributed by atoms with Gasteiger partial charge in [0.05, 0.1) is 23.0 Å².